The Labute approximate surface area is 221 Å². The zero-order valence-electron chi connectivity index (χ0n) is 22.0. The highest BCUT2D eigenvalue weighted by Gasteiger charge is 2.34. The number of hydrogen-bond donors (Lipinski definition) is 1. The fraction of sp³-hybridized carbons (Fsp3) is 0.310. The summed E-state index contributed by atoms with van der Waals surface area (Å²) < 4.78 is 20.6. The Hall–Kier alpha value is -4.27. The van der Waals surface area contributed by atoms with Crippen molar-refractivity contribution in [1.29, 1.82) is 0 Å². The molecule has 1 N–H and O–H groups in total. The van der Waals surface area contributed by atoms with E-state index in [1.165, 1.54) is 33.8 Å². The number of para-hydroxylation sites is 1. The first kappa shape index (κ1) is 26.8. The molecule has 0 radical (unpaired) electrons. The Morgan fingerprint density at radius 3 is 2.39 bits per heavy atom. The first-order valence-electron chi connectivity index (χ1n) is 12.5. The second-order valence-corrected chi connectivity index (χ2v) is 9.79. The van der Waals surface area contributed by atoms with Crippen LogP contribution >= 0.6 is 0 Å². The number of carbonyl (C=O) groups excluding carboxylic acids is 2. The minimum absolute atomic E-state index is 0.126. The summed E-state index contributed by atoms with van der Waals surface area (Å²) in [4.78, 5) is 29.3. The molecule has 2 amide bonds. The van der Waals surface area contributed by atoms with Gasteiger partial charge in [-0.15, -0.1) is 5.10 Å². The first-order chi connectivity index (χ1) is 18.2. The molecule has 8 nitrogen and oxygen atoms in total. The van der Waals surface area contributed by atoms with Crippen molar-refractivity contribution in [2.24, 2.45) is 0 Å². The van der Waals surface area contributed by atoms with Crippen LogP contribution in [0.3, 0.4) is 0 Å². The van der Waals surface area contributed by atoms with Crippen LogP contribution in [-0.2, 0) is 22.7 Å². The van der Waals surface area contributed by atoms with E-state index in [9.17, 15) is 14.0 Å². The summed E-state index contributed by atoms with van der Waals surface area (Å²) in [5.74, 6) is -0.439. The minimum Gasteiger partial charge on any atom is -0.497 e. The van der Waals surface area contributed by atoms with Crippen molar-refractivity contribution in [1.82, 2.24) is 25.2 Å². The Morgan fingerprint density at radius 2 is 1.74 bits per heavy atom. The molecule has 3 aromatic carbocycles. The number of ether oxygens (including phenoxy) is 1. The molecule has 198 valence electrons. The number of aromatic nitrogens is 3. The lowest BCUT2D eigenvalue weighted by Crippen LogP contribution is -2.50. The molecule has 0 aliphatic rings. The molecule has 38 heavy (non-hydrogen) atoms. The van der Waals surface area contributed by atoms with Crippen molar-refractivity contribution in [2.45, 2.75) is 51.9 Å². The lowest BCUT2D eigenvalue weighted by molar-refractivity contribution is -0.143. The van der Waals surface area contributed by atoms with Crippen molar-refractivity contribution >= 4 is 22.8 Å². The number of halogens is 1. The molecule has 0 spiro atoms. The SMILES string of the molecule is CCC(C)(C)NC(=O)C(c1ccc(F)cc1)N(Cc1ccc(OC)cc1)C(=O)Cn1nnc2ccccc21. The summed E-state index contributed by atoms with van der Waals surface area (Å²) in [5, 5.41) is 11.4. The second-order valence-electron chi connectivity index (χ2n) is 9.79. The van der Waals surface area contributed by atoms with E-state index in [2.05, 4.69) is 15.6 Å². The van der Waals surface area contributed by atoms with Crippen LogP contribution in [0.4, 0.5) is 4.39 Å². The Kier molecular flexibility index (Phi) is 8.05. The normalized spacial score (nSPS) is 12.2. The zero-order valence-corrected chi connectivity index (χ0v) is 22.0. The van der Waals surface area contributed by atoms with Gasteiger partial charge < -0.3 is 15.0 Å². The molecule has 1 unspecified atom stereocenters. The van der Waals surface area contributed by atoms with E-state index in [-0.39, 0.29) is 24.9 Å². The molecule has 0 bridgehead atoms. The van der Waals surface area contributed by atoms with Crippen LogP contribution in [0.1, 0.15) is 44.4 Å². The number of hydrogen-bond acceptors (Lipinski definition) is 5. The van der Waals surface area contributed by atoms with Crippen molar-refractivity contribution in [3.05, 3.63) is 89.7 Å². The monoisotopic (exact) mass is 517 g/mol. The molecule has 0 saturated carbocycles. The smallest absolute Gasteiger partial charge is 0.247 e. The summed E-state index contributed by atoms with van der Waals surface area (Å²) in [5.41, 5.74) is 2.17. The Balaban J connectivity index is 1.76. The van der Waals surface area contributed by atoms with Gasteiger partial charge in [0.25, 0.3) is 0 Å². The third kappa shape index (κ3) is 6.16. The van der Waals surface area contributed by atoms with Gasteiger partial charge in [-0.25, -0.2) is 9.07 Å². The van der Waals surface area contributed by atoms with Crippen LogP contribution < -0.4 is 10.1 Å². The number of benzene rings is 3. The van der Waals surface area contributed by atoms with Crippen LogP contribution in [0.2, 0.25) is 0 Å². The largest absolute Gasteiger partial charge is 0.497 e. The summed E-state index contributed by atoms with van der Waals surface area (Å²) in [6.45, 7) is 5.83. The van der Waals surface area contributed by atoms with E-state index in [4.69, 9.17) is 4.74 Å². The van der Waals surface area contributed by atoms with E-state index in [1.807, 2.05) is 57.2 Å². The molecule has 4 aromatic rings. The quantitative estimate of drug-likeness (QED) is 0.331. The number of nitrogens with one attached hydrogen (secondary N) is 1. The van der Waals surface area contributed by atoms with Gasteiger partial charge in [-0.05, 0) is 67.8 Å². The molecule has 9 heteroatoms. The molecular formula is C29H32FN5O3. The topological polar surface area (TPSA) is 89.4 Å². The Morgan fingerprint density at radius 1 is 1.05 bits per heavy atom. The average molecular weight is 518 g/mol. The fourth-order valence-corrected chi connectivity index (χ4v) is 4.11. The predicted molar refractivity (Wildman–Crippen MR) is 143 cm³/mol. The number of carbonyl (C=O) groups is 2. The summed E-state index contributed by atoms with van der Waals surface area (Å²) in [6.07, 6.45) is 0.687. The van der Waals surface area contributed by atoms with Crippen LogP contribution in [0, 0.1) is 5.82 Å². The van der Waals surface area contributed by atoms with Gasteiger partial charge in [0.15, 0.2) is 0 Å². The van der Waals surface area contributed by atoms with Crippen molar-refractivity contribution in [2.75, 3.05) is 7.11 Å². The van der Waals surface area contributed by atoms with Gasteiger partial charge in [0.2, 0.25) is 11.8 Å². The molecule has 1 atom stereocenters. The lowest BCUT2D eigenvalue weighted by Gasteiger charge is -2.34. The van der Waals surface area contributed by atoms with Gasteiger partial charge in [0.1, 0.15) is 29.7 Å². The molecule has 1 aromatic heterocycles. The van der Waals surface area contributed by atoms with Gasteiger partial charge in [-0.3, -0.25) is 9.59 Å². The van der Waals surface area contributed by atoms with Gasteiger partial charge in [0, 0.05) is 12.1 Å². The van der Waals surface area contributed by atoms with Gasteiger partial charge in [0.05, 0.1) is 12.6 Å². The van der Waals surface area contributed by atoms with Crippen molar-refractivity contribution in [3.8, 4) is 5.75 Å². The highest BCUT2D eigenvalue weighted by molar-refractivity contribution is 5.89. The molecule has 0 aliphatic heterocycles. The maximum atomic E-state index is 14.0. The highest BCUT2D eigenvalue weighted by atomic mass is 19.1. The van der Waals surface area contributed by atoms with E-state index in [1.54, 1.807) is 19.2 Å². The zero-order chi connectivity index (χ0) is 27.3. The summed E-state index contributed by atoms with van der Waals surface area (Å²) in [7, 11) is 1.58. The highest BCUT2D eigenvalue weighted by Crippen LogP contribution is 2.27. The number of amides is 2. The molecule has 0 fully saturated rings. The number of rotatable bonds is 10. The lowest BCUT2D eigenvalue weighted by atomic mass is 9.98. The molecule has 4 rings (SSSR count). The van der Waals surface area contributed by atoms with Crippen LogP contribution in [-0.4, -0.2) is 44.4 Å². The third-order valence-electron chi connectivity index (χ3n) is 6.63. The summed E-state index contributed by atoms with van der Waals surface area (Å²) >= 11 is 0. The van der Waals surface area contributed by atoms with Crippen LogP contribution in [0.5, 0.6) is 5.75 Å². The average Bonchev–Trinajstić information content (AvgIpc) is 3.32. The standard InChI is InChI=1S/C29H32FN5O3/c1-5-29(2,3)31-28(37)27(21-12-14-22(30)15-13-21)34(18-20-10-16-23(38-4)17-11-20)26(36)19-35-25-9-7-6-8-24(25)32-33-35/h6-17,27H,5,18-19H2,1-4H3,(H,31,37). The van der Waals surface area contributed by atoms with Gasteiger partial charge in [-0.1, -0.05) is 48.5 Å². The van der Waals surface area contributed by atoms with Crippen LogP contribution in [0.25, 0.3) is 11.0 Å². The third-order valence-corrected chi connectivity index (χ3v) is 6.63. The number of fused-ring (bicyclic) bond motifs is 1. The van der Waals surface area contributed by atoms with E-state index in [0.717, 1.165) is 5.56 Å². The van der Waals surface area contributed by atoms with E-state index >= 15 is 0 Å². The predicted octanol–water partition coefficient (Wildman–Crippen LogP) is 4.65. The number of nitrogens with zero attached hydrogens (tertiary/aromatic N) is 4. The minimum atomic E-state index is -1.01. The van der Waals surface area contributed by atoms with Crippen LogP contribution in [0.15, 0.2) is 72.8 Å². The van der Waals surface area contributed by atoms with E-state index in [0.29, 0.717) is 28.8 Å². The molecular weight excluding hydrogens is 485 g/mol. The van der Waals surface area contributed by atoms with Gasteiger partial charge >= 0.3 is 0 Å². The summed E-state index contributed by atoms with van der Waals surface area (Å²) in [6, 6.07) is 19.3. The fourth-order valence-electron chi connectivity index (χ4n) is 4.11. The molecule has 0 saturated heterocycles. The number of methoxy groups -OCH3 is 1. The maximum absolute atomic E-state index is 14.0. The first-order valence-corrected chi connectivity index (χ1v) is 12.5. The van der Waals surface area contributed by atoms with Crippen molar-refractivity contribution in [3.63, 3.8) is 0 Å². The van der Waals surface area contributed by atoms with Gasteiger partial charge in [-0.2, -0.15) is 0 Å². The van der Waals surface area contributed by atoms with Crippen molar-refractivity contribution < 1.29 is 18.7 Å². The molecule has 1 heterocycles. The maximum Gasteiger partial charge on any atom is 0.247 e. The van der Waals surface area contributed by atoms with E-state index < -0.39 is 17.4 Å². The second kappa shape index (κ2) is 11.4. The molecule has 0 aliphatic carbocycles. The Bertz CT molecular complexity index is 1400.